The van der Waals surface area contributed by atoms with E-state index in [9.17, 15) is 13.2 Å². The van der Waals surface area contributed by atoms with E-state index in [0.717, 1.165) is 30.6 Å². The molecule has 1 aromatic rings. The summed E-state index contributed by atoms with van der Waals surface area (Å²) >= 11 is 0. The second-order valence-electron chi connectivity index (χ2n) is 7.62. The minimum Gasteiger partial charge on any atom is -0.342 e. The van der Waals surface area contributed by atoms with Gasteiger partial charge in [0.25, 0.3) is 0 Å². The maximum Gasteiger partial charge on any atom is 0.243 e. The Hall–Kier alpha value is -1.44. The first-order chi connectivity index (χ1) is 12.3. The van der Waals surface area contributed by atoms with Gasteiger partial charge in [-0.2, -0.15) is 4.31 Å². The molecule has 3 rings (SSSR count). The molecule has 7 heteroatoms. The van der Waals surface area contributed by atoms with Gasteiger partial charge in [-0.05, 0) is 57.2 Å². The number of benzene rings is 1. The van der Waals surface area contributed by atoms with Gasteiger partial charge in [-0.25, -0.2) is 8.42 Å². The molecule has 144 valence electrons. The average molecular weight is 380 g/mol. The van der Waals surface area contributed by atoms with E-state index in [4.69, 9.17) is 5.73 Å². The number of sulfonamides is 1. The number of aryl methyl sites for hydroxylation is 2. The number of nitrogens with two attached hydrogens (primary N) is 1. The van der Waals surface area contributed by atoms with E-state index in [1.165, 1.54) is 4.31 Å². The number of likely N-dealkylation sites (tertiary alicyclic amines) is 1. The first kappa shape index (κ1) is 19.3. The van der Waals surface area contributed by atoms with Crippen LogP contribution in [0.3, 0.4) is 0 Å². The summed E-state index contributed by atoms with van der Waals surface area (Å²) in [5.74, 6) is 0.505. The van der Waals surface area contributed by atoms with Crippen LogP contribution >= 0.6 is 0 Å². The fraction of sp³-hybridized carbons (Fsp3) is 0.632. The third-order valence-corrected chi connectivity index (χ3v) is 7.74. The van der Waals surface area contributed by atoms with Crippen LogP contribution in [0.1, 0.15) is 30.4 Å². The van der Waals surface area contributed by atoms with Gasteiger partial charge in [0, 0.05) is 32.1 Å². The van der Waals surface area contributed by atoms with E-state index in [2.05, 4.69) is 0 Å². The number of amides is 1. The topological polar surface area (TPSA) is 83.7 Å². The molecule has 6 nitrogen and oxygen atoms in total. The zero-order valence-electron chi connectivity index (χ0n) is 15.6. The van der Waals surface area contributed by atoms with E-state index in [1.54, 1.807) is 6.07 Å². The van der Waals surface area contributed by atoms with E-state index in [-0.39, 0.29) is 11.8 Å². The minimum atomic E-state index is -3.50. The molecule has 0 bridgehead atoms. The molecule has 0 spiro atoms. The molecule has 1 atom stereocenters. The lowest BCUT2D eigenvalue weighted by atomic mass is 9.96. The Morgan fingerprint density at radius 3 is 2.42 bits per heavy atom. The Balaban J connectivity index is 1.63. The molecule has 2 aliphatic rings. The maximum atomic E-state index is 13.0. The molecule has 2 fully saturated rings. The van der Waals surface area contributed by atoms with Crippen LogP contribution in [-0.4, -0.2) is 56.3 Å². The third kappa shape index (κ3) is 3.80. The van der Waals surface area contributed by atoms with Crippen LogP contribution in [0.15, 0.2) is 23.1 Å². The number of nitrogens with zero attached hydrogens (tertiary/aromatic N) is 2. The molecule has 2 saturated heterocycles. The SMILES string of the molecule is Cc1ccc(S(=O)(=O)N2CCC(C(=O)N3CCC(CN)C3)CC2)c(C)c1. The number of piperidine rings is 1. The van der Waals surface area contributed by atoms with Gasteiger partial charge in [-0.3, -0.25) is 4.79 Å². The van der Waals surface area contributed by atoms with Crippen molar-refractivity contribution in [2.24, 2.45) is 17.6 Å². The molecule has 0 radical (unpaired) electrons. The summed E-state index contributed by atoms with van der Waals surface area (Å²) in [5.41, 5.74) is 7.53. The number of carbonyl (C=O) groups excluding carboxylic acids is 1. The maximum absolute atomic E-state index is 13.0. The lowest BCUT2D eigenvalue weighted by Crippen LogP contribution is -2.44. The molecule has 1 unspecified atom stereocenters. The molecule has 0 saturated carbocycles. The molecule has 2 aliphatic heterocycles. The lowest BCUT2D eigenvalue weighted by Gasteiger charge is -2.32. The number of hydrogen-bond acceptors (Lipinski definition) is 4. The van der Waals surface area contributed by atoms with Gasteiger partial charge in [-0.15, -0.1) is 0 Å². The van der Waals surface area contributed by atoms with Gasteiger partial charge in [0.1, 0.15) is 0 Å². The Morgan fingerprint density at radius 1 is 1.15 bits per heavy atom. The fourth-order valence-corrected chi connectivity index (χ4v) is 5.73. The predicted octanol–water partition coefficient (Wildman–Crippen LogP) is 1.51. The summed E-state index contributed by atoms with van der Waals surface area (Å²) in [6, 6.07) is 5.41. The van der Waals surface area contributed by atoms with Crippen molar-refractivity contribution in [1.82, 2.24) is 9.21 Å². The number of hydrogen-bond donors (Lipinski definition) is 1. The second kappa shape index (κ2) is 7.66. The van der Waals surface area contributed by atoms with Crippen molar-refractivity contribution in [2.45, 2.75) is 38.0 Å². The van der Waals surface area contributed by atoms with Crippen molar-refractivity contribution in [3.8, 4) is 0 Å². The van der Waals surface area contributed by atoms with Crippen LogP contribution in [0.5, 0.6) is 0 Å². The largest absolute Gasteiger partial charge is 0.342 e. The Labute approximate surface area is 156 Å². The highest BCUT2D eigenvalue weighted by Gasteiger charge is 2.36. The Kier molecular flexibility index (Phi) is 5.69. The van der Waals surface area contributed by atoms with E-state index in [1.807, 2.05) is 30.9 Å². The molecular weight excluding hydrogens is 350 g/mol. The van der Waals surface area contributed by atoms with Crippen LogP contribution in [0.25, 0.3) is 0 Å². The molecule has 0 aromatic heterocycles. The predicted molar refractivity (Wildman–Crippen MR) is 101 cm³/mol. The summed E-state index contributed by atoms with van der Waals surface area (Å²) in [6.45, 7) is 6.74. The molecule has 2 heterocycles. The van der Waals surface area contributed by atoms with Crippen molar-refractivity contribution < 1.29 is 13.2 Å². The first-order valence-corrected chi connectivity index (χ1v) is 10.8. The quantitative estimate of drug-likeness (QED) is 0.859. The summed E-state index contributed by atoms with van der Waals surface area (Å²) in [7, 11) is -3.50. The standard InChI is InChI=1S/C19H29N3O3S/c1-14-3-4-18(15(2)11-14)26(24,25)22-9-6-17(7-10-22)19(23)21-8-5-16(12-20)13-21/h3-4,11,16-17H,5-10,12-13,20H2,1-2H3. The lowest BCUT2D eigenvalue weighted by molar-refractivity contribution is -0.135. The second-order valence-corrected chi connectivity index (χ2v) is 9.53. The Morgan fingerprint density at radius 2 is 1.85 bits per heavy atom. The van der Waals surface area contributed by atoms with Crippen LogP contribution in [0, 0.1) is 25.7 Å². The average Bonchev–Trinajstić information content (AvgIpc) is 3.10. The highest BCUT2D eigenvalue weighted by molar-refractivity contribution is 7.89. The molecule has 26 heavy (non-hydrogen) atoms. The highest BCUT2D eigenvalue weighted by atomic mass is 32.2. The molecule has 1 amide bonds. The van der Waals surface area contributed by atoms with Gasteiger partial charge in [-0.1, -0.05) is 17.7 Å². The monoisotopic (exact) mass is 379 g/mol. The fourth-order valence-electron chi connectivity index (χ4n) is 4.05. The Bertz CT molecular complexity index is 770. The zero-order chi connectivity index (χ0) is 18.9. The van der Waals surface area contributed by atoms with Crippen LogP contribution < -0.4 is 5.73 Å². The van der Waals surface area contributed by atoms with Gasteiger partial charge in [0.15, 0.2) is 0 Å². The minimum absolute atomic E-state index is 0.0721. The van der Waals surface area contributed by atoms with Gasteiger partial charge in [0.05, 0.1) is 4.90 Å². The highest BCUT2D eigenvalue weighted by Crippen LogP contribution is 2.28. The third-order valence-electron chi connectivity index (χ3n) is 5.68. The molecule has 1 aromatic carbocycles. The van der Waals surface area contributed by atoms with Crippen molar-refractivity contribution >= 4 is 15.9 Å². The van der Waals surface area contributed by atoms with E-state index in [0.29, 0.717) is 43.3 Å². The van der Waals surface area contributed by atoms with E-state index >= 15 is 0 Å². The zero-order valence-corrected chi connectivity index (χ0v) is 16.5. The van der Waals surface area contributed by atoms with Crippen LogP contribution in [0.2, 0.25) is 0 Å². The molecular formula is C19H29N3O3S. The normalized spacial score (nSPS) is 22.7. The van der Waals surface area contributed by atoms with E-state index < -0.39 is 10.0 Å². The number of carbonyl (C=O) groups is 1. The summed E-state index contributed by atoms with van der Waals surface area (Å²) in [5, 5.41) is 0. The van der Waals surface area contributed by atoms with Crippen molar-refractivity contribution in [3.05, 3.63) is 29.3 Å². The van der Waals surface area contributed by atoms with Crippen LogP contribution in [-0.2, 0) is 14.8 Å². The van der Waals surface area contributed by atoms with Crippen molar-refractivity contribution in [1.29, 1.82) is 0 Å². The first-order valence-electron chi connectivity index (χ1n) is 9.39. The molecule has 0 aliphatic carbocycles. The van der Waals surface area contributed by atoms with Crippen molar-refractivity contribution in [3.63, 3.8) is 0 Å². The summed E-state index contributed by atoms with van der Waals surface area (Å²) in [6.07, 6.45) is 2.15. The van der Waals surface area contributed by atoms with Crippen LogP contribution in [0.4, 0.5) is 0 Å². The van der Waals surface area contributed by atoms with Gasteiger partial charge < -0.3 is 10.6 Å². The van der Waals surface area contributed by atoms with Crippen molar-refractivity contribution in [2.75, 3.05) is 32.7 Å². The summed E-state index contributed by atoms with van der Waals surface area (Å²) in [4.78, 5) is 15.0. The molecule has 2 N–H and O–H groups in total. The number of rotatable bonds is 4. The van der Waals surface area contributed by atoms with Gasteiger partial charge in [0.2, 0.25) is 15.9 Å². The van der Waals surface area contributed by atoms with Gasteiger partial charge >= 0.3 is 0 Å². The summed E-state index contributed by atoms with van der Waals surface area (Å²) < 4.78 is 27.4. The smallest absolute Gasteiger partial charge is 0.243 e.